The van der Waals surface area contributed by atoms with Crippen molar-refractivity contribution in [3.05, 3.63) is 29.8 Å². The lowest BCUT2D eigenvalue weighted by Gasteiger charge is -2.11. The van der Waals surface area contributed by atoms with Crippen LogP contribution in [0.2, 0.25) is 0 Å². The second-order valence-electron chi connectivity index (χ2n) is 3.25. The molecule has 1 aromatic carbocycles. The van der Waals surface area contributed by atoms with E-state index in [4.69, 9.17) is 10.8 Å². The molecule has 0 bridgehead atoms. The number of benzene rings is 1. The molecule has 0 saturated heterocycles. The predicted octanol–water partition coefficient (Wildman–Crippen LogP) is 2.60. The first-order valence-corrected chi connectivity index (χ1v) is 6.00. The summed E-state index contributed by atoms with van der Waals surface area (Å²) in [6.07, 6.45) is 3.67. The highest BCUT2D eigenvalue weighted by Gasteiger charge is 2.04. The molecule has 1 rings (SSSR count). The maximum Gasteiger partial charge on any atom is 0.0431 e. The van der Waals surface area contributed by atoms with E-state index < -0.39 is 0 Å². The molecule has 0 spiro atoms. The van der Waals surface area contributed by atoms with Crippen molar-refractivity contribution in [1.82, 2.24) is 0 Å². The molecule has 15 heavy (non-hydrogen) atoms. The highest BCUT2D eigenvalue weighted by Crippen LogP contribution is 2.20. The van der Waals surface area contributed by atoms with Crippen molar-refractivity contribution in [2.45, 2.75) is 23.8 Å². The van der Waals surface area contributed by atoms with Gasteiger partial charge in [0.05, 0.1) is 0 Å². The van der Waals surface area contributed by atoms with Crippen LogP contribution < -0.4 is 5.73 Å². The van der Waals surface area contributed by atoms with Gasteiger partial charge >= 0.3 is 0 Å². The van der Waals surface area contributed by atoms with Crippen molar-refractivity contribution in [3.63, 3.8) is 0 Å². The van der Waals surface area contributed by atoms with Crippen molar-refractivity contribution >= 4 is 24.2 Å². The van der Waals surface area contributed by atoms with Gasteiger partial charge in [0.2, 0.25) is 0 Å². The van der Waals surface area contributed by atoms with Crippen molar-refractivity contribution in [2.75, 3.05) is 12.9 Å². The van der Waals surface area contributed by atoms with Crippen LogP contribution in [0.5, 0.6) is 0 Å². The maximum atomic E-state index is 8.69. The van der Waals surface area contributed by atoms with Gasteiger partial charge in [-0.1, -0.05) is 12.1 Å². The summed E-state index contributed by atoms with van der Waals surface area (Å²) in [5, 5.41) is 8.69. The van der Waals surface area contributed by atoms with Gasteiger partial charge in [-0.2, -0.15) is 0 Å². The van der Waals surface area contributed by atoms with Crippen molar-refractivity contribution in [3.8, 4) is 0 Å². The van der Waals surface area contributed by atoms with E-state index in [1.165, 1.54) is 4.90 Å². The molecule has 3 N–H and O–H groups in total. The third-order valence-corrected chi connectivity index (χ3v) is 2.96. The largest absolute Gasteiger partial charge is 0.396 e. The average molecular weight is 248 g/mol. The number of halogens is 1. The van der Waals surface area contributed by atoms with Crippen LogP contribution in [-0.2, 0) is 0 Å². The van der Waals surface area contributed by atoms with E-state index in [1.807, 2.05) is 0 Å². The molecular weight excluding hydrogens is 230 g/mol. The molecule has 0 saturated carbocycles. The Balaban J connectivity index is 0.00000196. The van der Waals surface area contributed by atoms with Gasteiger partial charge in [-0.25, -0.2) is 0 Å². The highest BCUT2D eigenvalue weighted by molar-refractivity contribution is 7.98. The summed E-state index contributed by atoms with van der Waals surface area (Å²) in [4.78, 5) is 1.25. The van der Waals surface area contributed by atoms with E-state index in [0.717, 1.165) is 18.4 Å². The third kappa shape index (κ3) is 4.89. The van der Waals surface area contributed by atoms with Gasteiger partial charge in [0.15, 0.2) is 0 Å². The number of thioether (sulfide) groups is 1. The Bertz CT molecular complexity index is 266. The number of hydrogen-bond donors (Lipinski definition) is 2. The fourth-order valence-electron chi connectivity index (χ4n) is 1.33. The first-order chi connectivity index (χ1) is 6.77. The molecule has 86 valence electrons. The van der Waals surface area contributed by atoms with Crippen molar-refractivity contribution in [1.29, 1.82) is 0 Å². The van der Waals surface area contributed by atoms with Gasteiger partial charge in [-0.05, 0) is 36.8 Å². The highest BCUT2D eigenvalue weighted by atomic mass is 35.5. The molecule has 0 unspecified atom stereocenters. The smallest absolute Gasteiger partial charge is 0.0431 e. The molecule has 0 aliphatic heterocycles. The lowest BCUT2D eigenvalue weighted by atomic mass is 10.0. The molecule has 1 atom stereocenters. The quantitative estimate of drug-likeness (QED) is 0.787. The van der Waals surface area contributed by atoms with Gasteiger partial charge in [0, 0.05) is 17.5 Å². The number of aliphatic hydroxyl groups is 1. The maximum absolute atomic E-state index is 8.69. The van der Waals surface area contributed by atoms with Crippen molar-refractivity contribution < 1.29 is 5.11 Å². The fraction of sp³-hybridized carbons (Fsp3) is 0.455. The average Bonchev–Trinajstić information content (AvgIpc) is 2.26. The van der Waals surface area contributed by atoms with Crippen LogP contribution in [0.1, 0.15) is 24.4 Å². The van der Waals surface area contributed by atoms with Crippen LogP contribution in [0.4, 0.5) is 0 Å². The standard InChI is InChI=1S/C11H17NOS.ClH/c1-14-10-6-4-9(5-7-10)11(12)3-2-8-13;/h4-7,11,13H,2-3,8,12H2,1H3;1H/t11-;/m0./s1. The molecule has 2 nitrogen and oxygen atoms in total. The van der Waals surface area contributed by atoms with Crippen LogP contribution in [-0.4, -0.2) is 18.0 Å². The lowest BCUT2D eigenvalue weighted by molar-refractivity contribution is 0.280. The summed E-state index contributed by atoms with van der Waals surface area (Å²) in [5.74, 6) is 0. The Morgan fingerprint density at radius 3 is 2.40 bits per heavy atom. The fourth-order valence-corrected chi connectivity index (χ4v) is 1.74. The second kappa shape index (κ2) is 7.99. The SMILES string of the molecule is CSc1ccc([C@@H](N)CCCO)cc1.Cl. The molecule has 0 aliphatic rings. The van der Waals surface area contributed by atoms with E-state index >= 15 is 0 Å². The first-order valence-electron chi connectivity index (χ1n) is 4.78. The number of hydrogen-bond acceptors (Lipinski definition) is 3. The molecule has 0 aromatic heterocycles. The normalized spacial score (nSPS) is 11.9. The van der Waals surface area contributed by atoms with Gasteiger partial charge in [-0.15, -0.1) is 24.2 Å². The zero-order chi connectivity index (χ0) is 10.4. The zero-order valence-electron chi connectivity index (χ0n) is 8.85. The van der Waals surface area contributed by atoms with Crippen LogP contribution in [0, 0.1) is 0 Å². The molecular formula is C11H18ClNOS. The first kappa shape index (κ1) is 14.8. The van der Waals surface area contributed by atoms with Crippen LogP contribution in [0.3, 0.4) is 0 Å². The summed E-state index contributed by atoms with van der Waals surface area (Å²) >= 11 is 1.73. The number of nitrogens with two attached hydrogens (primary N) is 1. The van der Waals surface area contributed by atoms with Gasteiger partial charge < -0.3 is 10.8 Å². The second-order valence-corrected chi connectivity index (χ2v) is 4.13. The zero-order valence-corrected chi connectivity index (χ0v) is 10.5. The molecule has 0 amide bonds. The van der Waals surface area contributed by atoms with Gasteiger partial charge in [-0.3, -0.25) is 0 Å². The third-order valence-electron chi connectivity index (χ3n) is 2.22. The Hall–Kier alpha value is -0.220. The minimum atomic E-state index is 0. The number of aliphatic hydroxyl groups excluding tert-OH is 1. The summed E-state index contributed by atoms with van der Waals surface area (Å²) < 4.78 is 0. The summed E-state index contributed by atoms with van der Waals surface area (Å²) in [5.41, 5.74) is 7.10. The summed E-state index contributed by atoms with van der Waals surface area (Å²) in [6, 6.07) is 8.34. The molecule has 4 heteroatoms. The van der Waals surface area contributed by atoms with Gasteiger partial charge in [0.25, 0.3) is 0 Å². The van der Waals surface area contributed by atoms with E-state index in [0.29, 0.717) is 0 Å². The van der Waals surface area contributed by atoms with E-state index in [-0.39, 0.29) is 25.1 Å². The molecule has 0 fully saturated rings. The topological polar surface area (TPSA) is 46.2 Å². The van der Waals surface area contributed by atoms with Crippen LogP contribution in [0.15, 0.2) is 29.2 Å². The molecule has 0 radical (unpaired) electrons. The van der Waals surface area contributed by atoms with Gasteiger partial charge in [0.1, 0.15) is 0 Å². The lowest BCUT2D eigenvalue weighted by Crippen LogP contribution is -2.10. The Morgan fingerprint density at radius 1 is 1.33 bits per heavy atom. The molecule has 0 aliphatic carbocycles. The van der Waals surface area contributed by atoms with Crippen LogP contribution >= 0.6 is 24.2 Å². The Kier molecular flexibility index (Phi) is 7.88. The van der Waals surface area contributed by atoms with E-state index in [1.54, 1.807) is 11.8 Å². The Labute approximate surface area is 102 Å². The van der Waals surface area contributed by atoms with E-state index in [2.05, 4.69) is 30.5 Å². The Morgan fingerprint density at radius 2 is 1.93 bits per heavy atom. The minimum absolute atomic E-state index is 0. The number of rotatable bonds is 5. The van der Waals surface area contributed by atoms with Crippen LogP contribution in [0.25, 0.3) is 0 Å². The monoisotopic (exact) mass is 247 g/mol. The predicted molar refractivity (Wildman–Crippen MR) is 68.7 cm³/mol. The van der Waals surface area contributed by atoms with Crippen molar-refractivity contribution in [2.24, 2.45) is 5.73 Å². The van der Waals surface area contributed by atoms with E-state index in [9.17, 15) is 0 Å². The molecule has 0 heterocycles. The molecule has 1 aromatic rings. The summed E-state index contributed by atoms with van der Waals surface area (Å²) in [7, 11) is 0. The minimum Gasteiger partial charge on any atom is -0.396 e. The summed E-state index contributed by atoms with van der Waals surface area (Å²) in [6.45, 7) is 0.219.